The third-order valence-electron chi connectivity index (χ3n) is 2.76. The molecule has 0 fully saturated rings. The number of halogens is 1. The van der Waals surface area contributed by atoms with Gasteiger partial charge in [0.1, 0.15) is 12.1 Å². The number of aryl methyl sites for hydroxylation is 1. The first-order valence-corrected chi connectivity index (χ1v) is 5.02. The fourth-order valence-electron chi connectivity index (χ4n) is 1.57. The Bertz CT molecular complexity index is 358. The van der Waals surface area contributed by atoms with Crippen LogP contribution in [0.4, 0.5) is 4.39 Å². The highest BCUT2D eigenvalue weighted by molar-refractivity contribution is 5.83. The summed E-state index contributed by atoms with van der Waals surface area (Å²) in [6.07, 6.45) is 0. The Kier molecular flexibility index (Phi) is 4.01. The summed E-state index contributed by atoms with van der Waals surface area (Å²) < 4.78 is 17.8. The van der Waals surface area contributed by atoms with Crippen molar-refractivity contribution in [2.24, 2.45) is 5.73 Å². The van der Waals surface area contributed by atoms with Crippen molar-refractivity contribution in [3.05, 3.63) is 35.4 Å². The second-order valence-electron chi connectivity index (χ2n) is 3.78. The van der Waals surface area contributed by atoms with Crippen molar-refractivity contribution in [3.8, 4) is 0 Å². The van der Waals surface area contributed by atoms with Crippen LogP contribution in [-0.2, 0) is 14.9 Å². The number of hydrogen-bond donors (Lipinski definition) is 1. The minimum Gasteiger partial charge on any atom is -0.468 e. The van der Waals surface area contributed by atoms with Gasteiger partial charge in [0.05, 0.1) is 7.11 Å². The Morgan fingerprint density at radius 3 is 2.38 bits per heavy atom. The highest BCUT2D eigenvalue weighted by Crippen LogP contribution is 2.25. The van der Waals surface area contributed by atoms with Crippen molar-refractivity contribution >= 4 is 5.97 Å². The molecule has 1 unspecified atom stereocenters. The lowest BCUT2D eigenvalue weighted by Gasteiger charge is -2.26. The van der Waals surface area contributed by atoms with Gasteiger partial charge in [0.2, 0.25) is 0 Å². The SMILES string of the molecule is COC(=O)C(CN)(CF)c1ccc(C)cc1. The van der Waals surface area contributed by atoms with E-state index >= 15 is 0 Å². The van der Waals surface area contributed by atoms with E-state index < -0.39 is 18.1 Å². The summed E-state index contributed by atoms with van der Waals surface area (Å²) in [5, 5.41) is 0. The molecule has 2 N–H and O–H groups in total. The van der Waals surface area contributed by atoms with Crippen LogP contribution in [0.2, 0.25) is 0 Å². The molecule has 4 heteroatoms. The maximum Gasteiger partial charge on any atom is 0.320 e. The molecule has 0 saturated carbocycles. The molecule has 88 valence electrons. The fourth-order valence-corrected chi connectivity index (χ4v) is 1.57. The highest BCUT2D eigenvalue weighted by Gasteiger charge is 2.40. The third-order valence-corrected chi connectivity index (χ3v) is 2.76. The van der Waals surface area contributed by atoms with Gasteiger partial charge in [0.25, 0.3) is 0 Å². The number of esters is 1. The van der Waals surface area contributed by atoms with Gasteiger partial charge in [-0.1, -0.05) is 29.8 Å². The number of alkyl halides is 1. The zero-order valence-corrected chi connectivity index (χ0v) is 9.50. The third kappa shape index (κ3) is 2.07. The van der Waals surface area contributed by atoms with Crippen molar-refractivity contribution < 1.29 is 13.9 Å². The molecule has 1 aromatic rings. The molecule has 0 aliphatic carbocycles. The average molecular weight is 225 g/mol. The molecule has 0 bridgehead atoms. The van der Waals surface area contributed by atoms with Gasteiger partial charge in [0, 0.05) is 6.54 Å². The molecule has 0 aliphatic rings. The van der Waals surface area contributed by atoms with Gasteiger partial charge in [0.15, 0.2) is 0 Å². The topological polar surface area (TPSA) is 52.3 Å². The molecular weight excluding hydrogens is 209 g/mol. The molecule has 16 heavy (non-hydrogen) atoms. The summed E-state index contributed by atoms with van der Waals surface area (Å²) in [4.78, 5) is 11.6. The van der Waals surface area contributed by atoms with Crippen LogP contribution in [0.25, 0.3) is 0 Å². The van der Waals surface area contributed by atoms with Gasteiger partial charge in [-0.3, -0.25) is 4.79 Å². The van der Waals surface area contributed by atoms with E-state index in [9.17, 15) is 9.18 Å². The number of benzene rings is 1. The van der Waals surface area contributed by atoms with E-state index in [4.69, 9.17) is 5.73 Å². The molecule has 0 saturated heterocycles. The Morgan fingerprint density at radius 2 is 2.00 bits per heavy atom. The standard InChI is InChI=1S/C12H16FNO2/c1-9-3-5-10(6-4-9)12(7-13,8-14)11(15)16-2/h3-6H,7-8,14H2,1-2H3. The van der Waals surface area contributed by atoms with E-state index in [1.165, 1.54) is 7.11 Å². The summed E-state index contributed by atoms with van der Waals surface area (Å²) in [7, 11) is 1.23. The zero-order valence-electron chi connectivity index (χ0n) is 9.50. The molecule has 0 radical (unpaired) electrons. The minimum atomic E-state index is -1.37. The normalized spacial score (nSPS) is 14.2. The lowest BCUT2D eigenvalue weighted by molar-refractivity contribution is -0.147. The van der Waals surface area contributed by atoms with Crippen molar-refractivity contribution in [3.63, 3.8) is 0 Å². The van der Waals surface area contributed by atoms with E-state index in [0.29, 0.717) is 5.56 Å². The predicted molar refractivity (Wildman–Crippen MR) is 59.9 cm³/mol. The van der Waals surface area contributed by atoms with Crippen LogP contribution in [-0.4, -0.2) is 26.3 Å². The number of carbonyl (C=O) groups is 1. The maximum absolute atomic E-state index is 13.2. The first-order chi connectivity index (χ1) is 7.60. The van der Waals surface area contributed by atoms with Crippen LogP contribution < -0.4 is 5.73 Å². The number of ether oxygens (including phenoxy) is 1. The van der Waals surface area contributed by atoms with Gasteiger partial charge in [-0.2, -0.15) is 0 Å². The van der Waals surface area contributed by atoms with Gasteiger partial charge >= 0.3 is 5.97 Å². The van der Waals surface area contributed by atoms with Crippen molar-refractivity contribution in [1.82, 2.24) is 0 Å². The average Bonchev–Trinajstić information content (AvgIpc) is 2.33. The molecule has 3 nitrogen and oxygen atoms in total. The number of methoxy groups -OCH3 is 1. The Balaban J connectivity index is 3.20. The first-order valence-electron chi connectivity index (χ1n) is 5.02. The molecular formula is C12H16FNO2. The summed E-state index contributed by atoms with van der Waals surface area (Å²) in [5.74, 6) is -0.638. The molecule has 0 spiro atoms. The molecule has 1 atom stereocenters. The van der Waals surface area contributed by atoms with Crippen molar-refractivity contribution in [2.75, 3.05) is 20.3 Å². The molecule has 1 aromatic carbocycles. The second kappa shape index (κ2) is 5.07. The summed E-state index contributed by atoms with van der Waals surface area (Å²) in [5.41, 5.74) is 5.74. The Hall–Kier alpha value is -1.42. The smallest absolute Gasteiger partial charge is 0.320 e. The molecule has 1 rings (SSSR count). The van der Waals surface area contributed by atoms with Crippen LogP contribution in [0.1, 0.15) is 11.1 Å². The van der Waals surface area contributed by atoms with Crippen LogP contribution >= 0.6 is 0 Å². The molecule has 0 aromatic heterocycles. The molecule has 0 heterocycles. The van der Waals surface area contributed by atoms with Gasteiger partial charge in [-0.15, -0.1) is 0 Å². The minimum absolute atomic E-state index is 0.112. The Labute approximate surface area is 94.4 Å². The van der Waals surface area contributed by atoms with Crippen molar-refractivity contribution in [2.45, 2.75) is 12.3 Å². The van der Waals surface area contributed by atoms with Crippen LogP contribution in [0, 0.1) is 6.92 Å². The highest BCUT2D eigenvalue weighted by atomic mass is 19.1. The summed E-state index contributed by atoms with van der Waals surface area (Å²) in [6.45, 7) is 0.944. The maximum atomic E-state index is 13.2. The fraction of sp³-hybridized carbons (Fsp3) is 0.417. The quantitative estimate of drug-likeness (QED) is 0.786. The zero-order chi connectivity index (χ0) is 12.2. The molecule has 0 aliphatic heterocycles. The molecule has 0 amide bonds. The summed E-state index contributed by atoms with van der Waals surface area (Å²) >= 11 is 0. The van der Waals surface area contributed by atoms with Gasteiger partial charge in [-0.05, 0) is 12.5 Å². The Morgan fingerprint density at radius 1 is 1.44 bits per heavy atom. The number of hydrogen-bond acceptors (Lipinski definition) is 3. The van der Waals surface area contributed by atoms with Gasteiger partial charge < -0.3 is 10.5 Å². The van der Waals surface area contributed by atoms with Crippen LogP contribution in [0.3, 0.4) is 0 Å². The number of carbonyl (C=O) groups excluding carboxylic acids is 1. The van der Waals surface area contributed by atoms with Crippen molar-refractivity contribution in [1.29, 1.82) is 0 Å². The largest absolute Gasteiger partial charge is 0.468 e. The van der Waals surface area contributed by atoms with Crippen LogP contribution in [0.15, 0.2) is 24.3 Å². The lowest BCUT2D eigenvalue weighted by atomic mass is 9.81. The number of rotatable bonds is 4. The lowest BCUT2D eigenvalue weighted by Crippen LogP contribution is -2.45. The second-order valence-corrected chi connectivity index (χ2v) is 3.78. The van der Waals surface area contributed by atoms with E-state index in [1.54, 1.807) is 12.1 Å². The van der Waals surface area contributed by atoms with Crippen LogP contribution in [0.5, 0.6) is 0 Å². The number of nitrogens with two attached hydrogens (primary N) is 1. The van der Waals surface area contributed by atoms with E-state index in [0.717, 1.165) is 5.56 Å². The van der Waals surface area contributed by atoms with E-state index in [2.05, 4.69) is 4.74 Å². The van der Waals surface area contributed by atoms with E-state index in [1.807, 2.05) is 19.1 Å². The predicted octanol–water partition coefficient (Wildman–Crippen LogP) is 1.33. The van der Waals surface area contributed by atoms with Gasteiger partial charge in [-0.25, -0.2) is 4.39 Å². The monoisotopic (exact) mass is 225 g/mol. The van der Waals surface area contributed by atoms with E-state index in [-0.39, 0.29) is 6.54 Å². The first kappa shape index (κ1) is 12.6. The summed E-state index contributed by atoms with van der Waals surface area (Å²) in [6, 6.07) is 7.05.